The van der Waals surface area contributed by atoms with Crippen molar-refractivity contribution >= 4 is 5.97 Å². The van der Waals surface area contributed by atoms with Gasteiger partial charge >= 0.3 is 5.97 Å². The Morgan fingerprint density at radius 1 is 1.44 bits per heavy atom. The van der Waals surface area contributed by atoms with E-state index in [9.17, 15) is 4.79 Å². The average Bonchev–Trinajstić information content (AvgIpc) is 2.73. The van der Waals surface area contributed by atoms with Crippen LogP contribution in [-0.2, 0) is 25.0 Å². The first-order valence-corrected chi connectivity index (χ1v) is 5.39. The first kappa shape index (κ1) is 12.3. The van der Waals surface area contributed by atoms with Crippen LogP contribution >= 0.6 is 0 Å². The minimum Gasteiger partial charge on any atom is -0.478 e. The van der Waals surface area contributed by atoms with Gasteiger partial charge in [0.15, 0.2) is 0 Å². The summed E-state index contributed by atoms with van der Waals surface area (Å²) >= 11 is 0. The third kappa shape index (κ3) is 2.72. The maximum Gasteiger partial charge on any atom is 0.339 e. The Hall–Kier alpha value is -2.21. The number of nitrogens with zero attached hydrogens (tertiary/aromatic N) is 3. The highest BCUT2D eigenvalue weighted by Crippen LogP contribution is 2.10. The van der Waals surface area contributed by atoms with E-state index >= 15 is 0 Å². The number of rotatable bonds is 5. The zero-order valence-corrected chi connectivity index (χ0v) is 9.91. The van der Waals surface area contributed by atoms with Crippen LogP contribution in [0.15, 0.2) is 30.7 Å². The summed E-state index contributed by atoms with van der Waals surface area (Å²) < 4.78 is 6.98. The minimum absolute atomic E-state index is 0.170. The number of ether oxygens (including phenoxy) is 1. The first-order valence-electron chi connectivity index (χ1n) is 5.39. The molecule has 0 saturated heterocycles. The van der Waals surface area contributed by atoms with Crippen molar-refractivity contribution in [3.8, 4) is 0 Å². The number of carboxylic acid groups (broad SMARTS) is 1. The molecule has 0 bridgehead atoms. The van der Waals surface area contributed by atoms with E-state index in [4.69, 9.17) is 9.84 Å². The molecule has 2 rings (SSSR count). The quantitative estimate of drug-likeness (QED) is 0.859. The molecule has 0 unspecified atom stereocenters. The van der Waals surface area contributed by atoms with Crippen molar-refractivity contribution in [2.75, 3.05) is 0 Å². The zero-order chi connectivity index (χ0) is 13.0. The van der Waals surface area contributed by atoms with Crippen molar-refractivity contribution in [1.29, 1.82) is 0 Å². The van der Waals surface area contributed by atoms with Gasteiger partial charge < -0.3 is 9.84 Å². The molecule has 1 N–H and O–H groups in total. The number of hydrogen-bond donors (Lipinski definition) is 1. The fourth-order valence-corrected chi connectivity index (χ4v) is 1.56. The van der Waals surface area contributed by atoms with Crippen LogP contribution in [0.4, 0.5) is 0 Å². The lowest BCUT2D eigenvalue weighted by Gasteiger charge is -2.05. The number of aromatic nitrogens is 3. The Morgan fingerprint density at radius 3 is 2.94 bits per heavy atom. The highest BCUT2D eigenvalue weighted by Gasteiger charge is 2.14. The number of pyridine rings is 1. The molecule has 6 heteroatoms. The minimum atomic E-state index is -0.997. The van der Waals surface area contributed by atoms with Crippen LogP contribution in [0.2, 0.25) is 0 Å². The largest absolute Gasteiger partial charge is 0.478 e. The van der Waals surface area contributed by atoms with Gasteiger partial charge in [-0.2, -0.15) is 5.10 Å². The predicted molar refractivity (Wildman–Crippen MR) is 62.9 cm³/mol. The summed E-state index contributed by atoms with van der Waals surface area (Å²) in [6.45, 7) is 0.588. The van der Waals surface area contributed by atoms with Crippen LogP contribution in [0.3, 0.4) is 0 Å². The zero-order valence-electron chi connectivity index (χ0n) is 9.91. The Balaban J connectivity index is 1.98. The molecular weight excluding hydrogens is 234 g/mol. The number of aromatic carboxylic acids is 1. The number of carbonyl (C=O) groups is 1. The lowest BCUT2D eigenvalue weighted by molar-refractivity contribution is 0.0681. The molecule has 0 amide bonds. The molecule has 2 aromatic rings. The molecule has 0 aliphatic carbocycles. The van der Waals surface area contributed by atoms with Crippen molar-refractivity contribution in [2.45, 2.75) is 13.2 Å². The van der Waals surface area contributed by atoms with E-state index in [1.807, 2.05) is 12.1 Å². The molecule has 0 saturated carbocycles. The highest BCUT2D eigenvalue weighted by molar-refractivity contribution is 5.88. The Bertz CT molecular complexity index is 537. The fourth-order valence-electron chi connectivity index (χ4n) is 1.56. The smallest absolute Gasteiger partial charge is 0.339 e. The van der Waals surface area contributed by atoms with Crippen molar-refractivity contribution in [1.82, 2.24) is 14.8 Å². The van der Waals surface area contributed by atoms with Gasteiger partial charge in [0.2, 0.25) is 0 Å². The summed E-state index contributed by atoms with van der Waals surface area (Å²) in [4.78, 5) is 14.9. The topological polar surface area (TPSA) is 77.2 Å². The van der Waals surface area contributed by atoms with E-state index in [1.54, 1.807) is 19.4 Å². The lowest BCUT2D eigenvalue weighted by Crippen LogP contribution is -2.07. The van der Waals surface area contributed by atoms with Gasteiger partial charge in [-0.05, 0) is 11.6 Å². The third-order valence-corrected chi connectivity index (χ3v) is 2.52. The average molecular weight is 247 g/mol. The van der Waals surface area contributed by atoms with E-state index in [2.05, 4.69) is 10.1 Å². The molecule has 2 aromatic heterocycles. The van der Waals surface area contributed by atoms with Crippen molar-refractivity contribution in [3.05, 3.63) is 47.5 Å². The van der Waals surface area contributed by atoms with E-state index in [-0.39, 0.29) is 12.2 Å². The van der Waals surface area contributed by atoms with Gasteiger partial charge in [-0.15, -0.1) is 0 Å². The van der Waals surface area contributed by atoms with Gasteiger partial charge in [-0.1, -0.05) is 6.07 Å². The van der Waals surface area contributed by atoms with Crippen LogP contribution in [0.25, 0.3) is 0 Å². The van der Waals surface area contributed by atoms with Gasteiger partial charge in [0.1, 0.15) is 5.56 Å². The predicted octanol–water partition coefficient (Wildman–Crippen LogP) is 1.23. The first-order chi connectivity index (χ1) is 8.68. The Morgan fingerprint density at radius 2 is 2.28 bits per heavy atom. The molecule has 0 radical (unpaired) electrons. The van der Waals surface area contributed by atoms with Crippen LogP contribution < -0.4 is 0 Å². The SMILES string of the molecule is Cn1ncc(C(=O)O)c1COCc1cccnc1. The van der Waals surface area contributed by atoms with Gasteiger partial charge in [-0.25, -0.2) is 4.79 Å². The van der Waals surface area contributed by atoms with Crippen molar-refractivity contribution in [2.24, 2.45) is 7.05 Å². The maximum atomic E-state index is 10.9. The summed E-state index contributed by atoms with van der Waals surface area (Å²) in [5.41, 5.74) is 1.66. The van der Waals surface area contributed by atoms with Crippen molar-refractivity contribution in [3.63, 3.8) is 0 Å². The molecular formula is C12H13N3O3. The van der Waals surface area contributed by atoms with Crippen LogP contribution in [0.5, 0.6) is 0 Å². The van der Waals surface area contributed by atoms with Crippen LogP contribution in [0.1, 0.15) is 21.6 Å². The lowest BCUT2D eigenvalue weighted by atomic mass is 10.2. The Kier molecular flexibility index (Phi) is 3.69. The molecule has 2 heterocycles. The molecule has 18 heavy (non-hydrogen) atoms. The standard InChI is InChI=1S/C12H13N3O3/c1-15-11(10(6-14-15)12(16)17)8-18-7-9-3-2-4-13-5-9/h2-6H,7-8H2,1H3,(H,16,17). The normalized spacial score (nSPS) is 10.5. The van der Waals surface area contributed by atoms with Gasteiger partial charge in [-0.3, -0.25) is 9.67 Å². The maximum absolute atomic E-state index is 10.9. The summed E-state index contributed by atoms with van der Waals surface area (Å²) in [5.74, 6) is -0.997. The highest BCUT2D eigenvalue weighted by atomic mass is 16.5. The van der Waals surface area contributed by atoms with Crippen LogP contribution in [0, 0.1) is 0 Å². The van der Waals surface area contributed by atoms with E-state index in [0.29, 0.717) is 12.3 Å². The molecule has 0 aliphatic rings. The summed E-state index contributed by atoms with van der Waals surface area (Å²) in [7, 11) is 1.69. The Labute approximate surface area is 104 Å². The summed E-state index contributed by atoms with van der Waals surface area (Å²) in [5, 5.41) is 12.9. The second-order valence-electron chi connectivity index (χ2n) is 3.79. The van der Waals surface area contributed by atoms with E-state index in [1.165, 1.54) is 10.9 Å². The molecule has 0 atom stereocenters. The van der Waals surface area contributed by atoms with Crippen LogP contribution in [-0.4, -0.2) is 25.8 Å². The van der Waals surface area contributed by atoms with E-state index < -0.39 is 5.97 Å². The molecule has 6 nitrogen and oxygen atoms in total. The molecule has 0 fully saturated rings. The van der Waals surface area contributed by atoms with Gasteiger partial charge in [0.25, 0.3) is 0 Å². The van der Waals surface area contributed by atoms with Crippen molar-refractivity contribution < 1.29 is 14.6 Å². The van der Waals surface area contributed by atoms with Gasteiger partial charge in [0, 0.05) is 19.4 Å². The summed E-state index contributed by atoms with van der Waals surface area (Å²) in [6.07, 6.45) is 4.72. The number of carboxylic acids is 1. The fraction of sp³-hybridized carbons (Fsp3) is 0.250. The van der Waals surface area contributed by atoms with Gasteiger partial charge in [0.05, 0.1) is 25.1 Å². The number of hydrogen-bond acceptors (Lipinski definition) is 4. The second kappa shape index (κ2) is 5.42. The molecule has 0 aliphatic heterocycles. The van der Waals surface area contributed by atoms with E-state index in [0.717, 1.165) is 5.56 Å². The third-order valence-electron chi connectivity index (χ3n) is 2.52. The molecule has 0 aromatic carbocycles. The number of aryl methyl sites for hydroxylation is 1. The molecule has 94 valence electrons. The molecule has 0 spiro atoms. The summed E-state index contributed by atoms with van der Waals surface area (Å²) in [6, 6.07) is 3.72. The monoisotopic (exact) mass is 247 g/mol. The second-order valence-corrected chi connectivity index (χ2v) is 3.79.